The molecule has 0 saturated heterocycles. The first-order valence-electron chi connectivity index (χ1n) is 21.7. The molecule has 0 heterocycles. The average molecular weight is 760 g/mol. The number of carbonyl (C=O) groups excluding carboxylic acids is 2. The zero-order valence-corrected chi connectivity index (χ0v) is 34.7. The van der Waals surface area contributed by atoms with Gasteiger partial charge in [-0.3, -0.25) is 18.6 Å². The quantitative estimate of drug-likeness (QED) is 0.0270. The second kappa shape index (κ2) is 39.4. The number of esters is 2. The minimum absolute atomic E-state index is 0.0552. The summed E-state index contributed by atoms with van der Waals surface area (Å²) in [5.41, 5.74) is 5.34. The van der Waals surface area contributed by atoms with E-state index in [1.807, 2.05) is 0 Å². The van der Waals surface area contributed by atoms with Crippen LogP contribution >= 0.6 is 7.82 Å². The molecule has 52 heavy (non-hydrogen) atoms. The second-order valence-electron chi connectivity index (χ2n) is 14.6. The molecule has 0 amide bonds. The minimum Gasteiger partial charge on any atom is -0.462 e. The maximum atomic E-state index is 12.6. The summed E-state index contributed by atoms with van der Waals surface area (Å²) in [5, 5.41) is 0. The van der Waals surface area contributed by atoms with Gasteiger partial charge < -0.3 is 20.1 Å². The van der Waals surface area contributed by atoms with E-state index in [9.17, 15) is 19.0 Å². The number of rotatable bonds is 41. The molecule has 0 aromatic carbocycles. The third-order valence-corrected chi connectivity index (χ3v) is 10.4. The molecule has 0 aromatic rings. The van der Waals surface area contributed by atoms with Crippen LogP contribution in [0.5, 0.6) is 0 Å². The van der Waals surface area contributed by atoms with Crippen molar-refractivity contribution in [2.45, 2.75) is 219 Å². The van der Waals surface area contributed by atoms with Crippen molar-refractivity contribution in [3.63, 3.8) is 0 Å². The second-order valence-corrected chi connectivity index (χ2v) is 16.0. The fourth-order valence-corrected chi connectivity index (χ4v) is 6.92. The number of hydrogen-bond acceptors (Lipinski definition) is 8. The fraction of sp³-hybridized carbons (Fsp3) is 0.905. The summed E-state index contributed by atoms with van der Waals surface area (Å²) in [5.74, 6) is -0.828. The van der Waals surface area contributed by atoms with Gasteiger partial charge in [-0.25, -0.2) is 4.57 Å². The SMILES string of the molecule is CCCCCCCC/C=C/CCCCCCCC(=O)OC[C@H](COP(=O)(O)OCCN)OC(=O)CCCCCCCCCCCCCCCCCC. The Morgan fingerprint density at radius 1 is 0.558 bits per heavy atom. The van der Waals surface area contributed by atoms with Crippen LogP contribution in [0.25, 0.3) is 0 Å². The Morgan fingerprint density at radius 3 is 1.37 bits per heavy atom. The van der Waals surface area contributed by atoms with Crippen molar-refractivity contribution in [1.29, 1.82) is 0 Å². The summed E-state index contributed by atoms with van der Waals surface area (Å²) < 4.78 is 32.8. The van der Waals surface area contributed by atoms with Crippen molar-refractivity contribution >= 4 is 19.8 Å². The molecule has 0 aliphatic rings. The molecule has 3 N–H and O–H groups in total. The molecule has 1 unspecified atom stereocenters. The van der Waals surface area contributed by atoms with Gasteiger partial charge in [0.15, 0.2) is 6.10 Å². The number of allylic oxidation sites excluding steroid dienone is 2. The van der Waals surface area contributed by atoms with Crippen molar-refractivity contribution in [3.05, 3.63) is 12.2 Å². The summed E-state index contributed by atoms with van der Waals surface area (Å²) in [4.78, 5) is 34.8. The Hall–Kier alpha value is -1.25. The molecular weight excluding hydrogens is 677 g/mol. The third kappa shape index (κ3) is 38.5. The van der Waals surface area contributed by atoms with E-state index >= 15 is 0 Å². The molecule has 10 heteroatoms. The van der Waals surface area contributed by atoms with E-state index in [1.54, 1.807) is 0 Å². The number of nitrogens with two attached hydrogens (primary N) is 1. The first-order chi connectivity index (χ1) is 25.3. The van der Waals surface area contributed by atoms with E-state index in [4.69, 9.17) is 24.3 Å². The molecule has 0 bridgehead atoms. The maximum Gasteiger partial charge on any atom is 0.472 e. The summed E-state index contributed by atoms with van der Waals surface area (Å²) in [6, 6.07) is 0. The minimum atomic E-state index is -4.37. The average Bonchev–Trinajstić information content (AvgIpc) is 3.13. The van der Waals surface area contributed by atoms with Crippen LogP contribution in [-0.2, 0) is 32.7 Å². The van der Waals surface area contributed by atoms with Crippen molar-refractivity contribution in [3.8, 4) is 0 Å². The topological polar surface area (TPSA) is 134 Å². The lowest BCUT2D eigenvalue weighted by Crippen LogP contribution is -2.29. The van der Waals surface area contributed by atoms with Gasteiger partial charge in [-0.1, -0.05) is 174 Å². The van der Waals surface area contributed by atoms with Crippen LogP contribution in [0.15, 0.2) is 12.2 Å². The Balaban J connectivity index is 4.14. The van der Waals surface area contributed by atoms with E-state index in [1.165, 1.54) is 128 Å². The Labute approximate surface area is 319 Å². The van der Waals surface area contributed by atoms with Crippen molar-refractivity contribution in [2.24, 2.45) is 5.73 Å². The number of carbonyl (C=O) groups is 2. The van der Waals surface area contributed by atoms with Crippen molar-refractivity contribution in [1.82, 2.24) is 0 Å². The molecule has 0 spiro atoms. The molecule has 0 aliphatic heterocycles. The Bertz CT molecular complexity index is 871. The van der Waals surface area contributed by atoms with Crippen molar-refractivity contribution in [2.75, 3.05) is 26.4 Å². The van der Waals surface area contributed by atoms with Gasteiger partial charge in [-0.15, -0.1) is 0 Å². The highest BCUT2D eigenvalue weighted by molar-refractivity contribution is 7.47. The van der Waals surface area contributed by atoms with Gasteiger partial charge >= 0.3 is 19.8 Å². The predicted octanol–water partition coefficient (Wildman–Crippen LogP) is 12.2. The molecule has 9 nitrogen and oxygen atoms in total. The molecule has 308 valence electrons. The molecule has 0 rings (SSSR count). The van der Waals surface area contributed by atoms with Crippen molar-refractivity contribution < 1.29 is 37.6 Å². The monoisotopic (exact) mass is 760 g/mol. The summed E-state index contributed by atoms with van der Waals surface area (Å²) in [7, 11) is -4.37. The third-order valence-electron chi connectivity index (χ3n) is 9.40. The standard InChI is InChI=1S/C42H82NO8P/c1-3-5-7-9-11-13-15-17-19-21-23-25-27-29-31-33-35-42(45)51-40(39-50-52(46,47)49-37-36-43)38-48-41(44)34-32-30-28-26-24-22-20-18-16-14-12-10-8-6-4-2/h18,20,40H,3-17,19,21-39,43H2,1-2H3,(H,46,47)/b20-18+/t40-/m1/s1. The Morgan fingerprint density at radius 2 is 0.942 bits per heavy atom. The van der Waals surface area contributed by atoms with Crippen LogP contribution in [0.4, 0.5) is 0 Å². The van der Waals surface area contributed by atoms with Crippen LogP contribution < -0.4 is 5.73 Å². The fourth-order valence-electron chi connectivity index (χ4n) is 6.16. The van der Waals surface area contributed by atoms with Gasteiger partial charge in [0.25, 0.3) is 0 Å². The smallest absolute Gasteiger partial charge is 0.462 e. The molecule has 0 aliphatic carbocycles. The summed E-state index contributed by atoms with van der Waals surface area (Å²) in [6.07, 6.45) is 39.5. The number of phosphoric acid groups is 1. The Kier molecular flexibility index (Phi) is 38.5. The van der Waals surface area contributed by atoms with Crippen LogP contribution in [-0.4, -0.2) is 49.3 Å². The summed E-state index contributed by atoms with van der Waals surface area (Å²) >= 11 is 0. The molecule has 0 fully saturated rings. The van der Waals surface area contributed by atoms with E-state index in [-0.39, 0.29) is 38.6 Å². The van der Waals surface area contributed by atoms with Gasteiger partial charge in [0.1, 0.15) is 6.61 Å². The van der Waals surface area contributed by atoms with Gasteiger partial charge in [0.2, 0.25) is 0 Å². The number of unbranched alkanes of at least 4 members (excludes halogenated alkanes) is 26. The first kappa shape index (κ1) is 50.8. The normalized spacial score (nSPS) is 13.4. The molecule has 0 saturated carbocycles. The van der Waals surface area contributed by atoms with E-state index in [2.05, 4.69) is 26.0 Å². The van der Waals surface area contributed by atoms with E-state index in [0.717, 1.165) is 51.4 Å². The zero-order chi connectivity index (χ0) is 38.2. The van der Waals surface area contributed by atoms with Crippen LogP contribution in [0.2, 0.25) is 0 Å². The number of phosphoric ester groups is 1. The van der Waals surface area contributed by atoms with Crippen LogP contribution in [0.3, 0.4) is 0 Å². The highest BCUT2D eigenvalue weighted by Gasteiger charge is 2.26. The zero-order valence-electron chi connectivity index (χ0n) is 33.8. The molecule has 0 radical (unpaired) electrons. The molecule has 0 aromatic heterocycles. The number of ether oxygens (including phenoxy) is 2. The van der Waals surface area contributed by atoms with E-state index in [0.29, 0.717) is 6.42 Å². The summed E-state index contributed by atoms with van der Waals surface area (Å²) in [6.45, 7) is 3.74. The number of hydrogen-bond donors (Lipinski definition) is 2. The van der Waals surface area contributed by atoms with Gasteiger partial charge in [0.05, 0.1) is 13.2 Å². The van der Waals surface area contributed by atoms with Gasteiger partial charge in [-0.05, 0) is 38.5 Å². The van der Waals surface area contributed by atoms with Crippen LogP contribution in [0, 0.1) is 0 Å². The highest BCUT2D eigenvalue weighted by atomic mass is 31.2. The predicted molar refractivity (Wildman–Crippen MR) is 215 cm³/mol. The lowest BCUT2D eigenvalue weighted by atomic mass is 10.0. The first-order valence-corrected chi connectivity index (χ1v) is 23.2. The lowest BCUT2D eigenvalue weighted by Gasteiger charge is -2.19. The lowest BCUT2D eigenvalue weighted by molar-refractivity contribution is -0.161. The largest absolute Gasteiger partial charge is 0.472 e. The van der Waals surface area contributed by atoms with E-state index < -0.39 is 26.5 Å². The van der Waals surface area contributed by atoms with Gasteiger partial charge in [0, 0.05) is 19.4 Å². The molecular formula is C42H82NO8P. The maximum absolute atomic E-state index is 12.6. The highest BCUT2D eigenvalue weighted by Crippen LogP contribution is 2.43. The molecule has 2 atom stereocenters. The van der Waals surface area contributed by atoms with Gasteiger partial charge in [-0.2, -0.15) is 0 Å². The van der Waals surface area contributed by atoms with Crippen LogP contribution in [0.1, 0.15) is 213 Å².